The molecule has 2 rings (SSSR count). The van der Waals surface area contributed by atoms with Crippen LogP contribution >= 0.6 is 0 Å². The molecule has 0 bridgehead atoms. The summed E-state index contributed by atoms with van der Waals surface area (Å²) in [6.07, 6.45) is 6.69. The summed E-state index contributed by atoms with van der Waals surface area (Å²) in [6, 6.07) is 11.2. The molecule has 1 fully saturated rings. The topological polar surface area (TPSA) is 24.1 Å². The molecule has 1 aromatic carbocycles. The van der Waals surface area contributed by atoms with Gasteiger partial charge in [0.1, 0.15) is 0 Å². The molecule has 2 N–H and O–H groups in total. The number of benzene rings is 1. The van der Waals surface area contributed by atoms with Crippen molar-refractivity contribution in [2.24, 2.45) is 0 Å². The Morgan fingerprint density at radius 2 is 2.06 bits per heavy atom. The Kier molecular flexibility index (Phi) is 4.69. The Morgan fingerprint density at radius 1 is 1.19 bits per heavy atom. The maximum Gasteiger partial charge on any atom is 0.0340 e. The fourth-order valence-corrected chi connectivity index (χ4v) is 2.31. The molecular formula is C14H22N2. The maximum absolute atomic E-state index is 3.59. The first-order valence-corrected chi connectivity index (χ1v) is 6.47. The minimum absolute atomic E-state index is 0.770. The zero-order valence-corrected chi connectivity index (χ0v) is 9.91. The third-order valence-corrected chi connectivity index (χ3v) is 3.24. The quantitative estimate of drug-likeness (QED) is 0.742. The molecule has 2 nitrogen and oxygen atoms in total. The van der Waals surface area contributed by atoms with Gasteiger partial charge in [0.2, 0.25) is 0 Å². The fraction of sp³-hybridized carbons (Fsp3) is 0.571. The highest BCUT2D eigenvalue weighted by Gasteiger charge is 2.11. The molecule has 1 atom stereocenters. The molecule has 0 aromatic heterocycles. The number of anilines is 1. The van der Waals surface area contributed by atoms with Crippen molar-refractivity contribution in [1.82, 2.24) is 5.32 Å². The summed E-state index contributed by atoms with van der Waals surface area (Å²) in [5, 5.41) is 7.05. The summed E-state index contributed by atoms with van der Waals surface area (Å²) in [4.78, 5) is 0. The van der Waals surface area contributed by atoms with Crippen LogP contribution in [0.15, 0.2) is 30.3 Å². The number of para-hydroxylation sites is 1. The van der Waals surface area contributed by atoms with Gasteiger partial charge in [-0.25, -0.2) is 0 Å². The predicted octanol–water partition coefficient (Wildman–Crippen LogP) is 3.02. The van der Waals surface area contributed by atoms with E-state index in [0.29, 0.717) is 0 Å². The van der Waals surface area contributed by atoms with Gasteiger partial charge in [-0.3, -0.25) is 0 Å². The standard InChI is InChI=1S/C14H22N2/c1-2-7-13(8-3-1)16-12-6-10-14-9-4-5-11-15-14/h1-3,7-8,14-16H,4-6,9-12H2. The van der Waals surface area contributed by atoms with Crippen LogP contribution in [-0.2, 0) is 0 Å². The van der Waals surface area contributed by atoms with E-state index in [1.54, 1.807) is 0 Å². The molecule has 1 saturated heterocycles. The van der Waals surface area contributed by atoms with Gasteiger partial charge in [-0.1, -0.05) is 24.6 Å². The van der Waals surface area contributed by atoms with Gasteiger partial charge in [0.25, 0.3) is 0 Å². The summed E-state index contributed by atoms with van der Waals surface area (Å²) < 4.78 is 0. The smallest absolute Gasteiger partial charge is 0.0340 e. The van der Waals surface area contributed by atoms with Gasteiger partial charge in [-0.2, -0.15) is 0 Å². The van der Waals surface area contributed by atoms with Crippen molar-refractivity contribution in [2.45, 2.75) is 38.1 Å². The van der Waals surface area contributed by atoms with Crippen LogP contribution in [-0.4, -0.2) is 19.1 Å². The van der Waals surface area contributed by atoms with E-state index < -0.39 is 0 Å². The second-order valence-corrected chi connectivity index (χ2v) is 4.58. The highest BCUT2D eigenvalue weighted by Crippen LogP contribution is 2.12. The molecule has 0 radical (unpaired) electrons. The third kappa shape index (κ3) is 3.86. The molecule has 2 heteroatoms. The largest absolute Gasteiger partial charge is 0.385 e. The molecule has 0 spiro atoms. The Balaban J connectivity index is 1.58. The van der Waals surface area contributed by atoms with Crippen molar-refractivity contribution in [3.63, 3.8) is 0 Å². The molecule has 88 valence electrons. The van der Waals surface area contributed by atoms with Crippen LogP contribution in [0.3, 0.4) is 0 Å². The molecule has 1 heterocycles. The van der Waals surface area contributed by atoms with E-state index in [-0.39, 0.29) is 0 Å². The minimum Gasteiger partial charge on any atom is -0.385 e. The first kappa shape index (κ1) is 11.5. The van der Waals surface area contributed by atoms with E-state index in [9.17, 15) is 0 Å². The molecule has 1 aliphatic rings. The second-order valence-electron chi connectivity index (χ2n) is 4.58. The van der Waals surface area contributed by atoms with Crippen LogP contribution in [0.25, 0.3) is 0 Å². The van der Waals surface area contributed by atoms with Gasteiger partial charge in [0.15, 0.2) is 0 Å². The monoisotopic (exact) mass is 218 g/mol. The summed E-state index contributed by atoms with van der Waals surface area (Å²) in [5.41, 5.74) is 1.24. The lowest BCUT2D eigenvalue weighted by atomic mass is 10.0. The van der Waals surface area contributed by atoms with Gasteiger partial charge in [-0.05, 0) is 44.4 Å². The maximum atomic E-state index is 3.59. The fourth-order valence-electron chi connectivity index (χ4n) is 2.31. The molecule has 1 unspecified atom stereocenters. The second kappa shape index (κ2) is 6.54. The Morgan fingerprint density at radius 3 is 2.81 bits per heavy atom. The van der Waals surface area contributed by atoms with Crippen molar-refractivity contribution in [2.75, 3.05) is 18.4 Å². The predicted molar refractivity (Wildman–Crippen MR) is 69.8 cm³/mol. The van der Waals surface area contributed by atoms with Crippen molar-refractivity contribution in [3.05, 3.63) is 30.3 Å². The van der Waals surface area contributed by atoms with E-state index in [4.69, 9.17) is 0 Å². The lowest BCUT2D eigenvalue weighted by molar-refractivity contribution is 0.378. The third-order valence-electron chi connectivity index (χ3n) is 3.24. The first-order valence-electron chi connectivity index (χ1n) is 6.47. The molecule has 0 aliphatic carbocycles. The van der Waals surface area contributed by atoms with Crippen LogP contribution in [0.1, 0.15) is 32.1 Å². The Hall–Kier alpha value is -1.02. The zero-order chi connectivity index (χ0) is 11.1. The van der Waals surface area contributed by atoms with E-state index in [1.807, 2.05) is 0 Å². The lowest BCUT2D eigenvalue weighted by Gasteiger charge is -2.23. The van der Waals surface area contributed by atoms with E-state index in [0.717, 1.165) is 12.6 Å². The molecule has 16 heavy (non-hydrogen) atoms. The van der Waals surface area contributed by atoms with Gasteiger partial charge < -0.3 is 10.6 Å². The average Bonchev–Trinajstić information content (AvgIpc) is 2.37. The highest BCUT2D eigenvalue weighted by molar-refractivity contribution is 5.42. The van der Waals surface area contributed by atoms with Crippen LogP contribution < -0.4 is 10.6 Å². The number of piperidine rings is 1. The van der Waals surface area contributed by atoms with Gasteiger partial charge in [-0.15, -0.1) is 0 Å². The van der Waals surface area contributed by atoms with E-state index >= 15 is 0 Å². The normalized spacial score (nSPS) is 20.6. The summed E-state index contributed by atoms with van der Waals surface area (Å²) >= 11 is 0. The molecule has 0 amide bonds. The number of hydrogen-bond acceptors (Lipinski definition) is 2. The first-order chi connectivity index (χ1) is 7.95. The zero-order valence-electron chi connectivity index (χ0n) is 9.91. The summed E-state index contributed by atoms with van der Waals surface area (Å²) in [6.45, 7) is 2.30. The molecule has 1 aliphatic heterocycles. The SMILES string of the molecule is c1ccc(NCCCC2CCCCN2)cc1. The van der Waals surface area contributed by atoms with Gasteiger partial charge in [0, 0.05) is 18.3 Å². The highest BCUT2D eigenvalue weighted by atomic mass is 14.9. The minimum atomic E-state index is 0.770. The van der Waals surface area contributed by atoms with Crippen molar-refractivity contribution < 1.29 is 0 Å². The Labute approximate surface area is 98.4 Å². The van der Waals surface area contributed by atoms with E-state index in [1.165, 1.54) is 44.3 Å². The van der Waals surface area contributed by atoms with Gasteiger partial charge >= 0.3 is 0 Å². The van der Waals surface area contributed by atoms with Crippen molar-refractivity contribution in [3.8, 4) is 0 Å². The van der Waals surface area contributed by atoms with Crippen LogP contribution in [0.5, 0.6) is 0 Å². The number of hydrogen-bond donors (Lipinski definition) is 2. The Bertz CT molecular complexity index is 278. The van der Waals surface area contributed by atoms with Crippen LogP contribution in [0.2, 0.25) is 0 Å². The van der Waals surface area contributed by atoms with Crippen molar-refractivity contribution >= 4 is 5.69 Å². The summed E-state index contributed by atoms with van der Waals surface area (Å²) in [7, 11) is 0. The molecule has 1 aromatic rings. The van der Waals surface area contributed by atoms with E-state index in [2.05, 4.69) is 41.0 Å². The average molecular weight is 218 g/mol. The van der Waals surface area contributed by atoms with Crippen LogP contribution in [0.4, 0.5) is 5.69 Å². The van der Waals surface area contributed by atoms with Crippen molar-refractivity contribution in [1.29, 1.82) is 0 Å². The molecular weight excluding hydrogens is 196 g/mol. The lowest BCUT2D eigenvalue weighted by Crippen LogP contribution is -2.34. The van der Waals surface area contributed by atoms with Gasteiger partial charge in [0.05, 0.1) is 0 Å². The van der Waals surface area contributed by atoms with Crippen LogP contribution in [0, 0.1) is 0 Å². The molecule has 0 saturated carbocycles. The number of nitrogens with one attached hydrogen (secondary N) is 2. The summed E-state index contributed by atoms with van der Waals surface area (Å²) in [5.74, 6) is 0. The number of rotatable bonds is 5.